The van der Waals surface area contributed by atoms with E-state index < -0.39 is 0 Å². The Kier molecular flexibility index (Phi) is 5.38. The van der Waals surface area contributed by atoms with E-state index >= 15 is 0 Å². The number of nitrogens with one attached hydrogen (secondary N) is 2. The standard InChI is InChI=1S/C19H20FN3O2/c20-16-8-4-1-5-14(16)12-22-18(24)13-9-10-21-17(11-13)19(25)23-15-6-2-3-7-15/h1,4-5,8-11,15H,2-3,6-7,12H2,(H,22,24)(H,23,25). The minimum Gasteiger partial charge on any atom is -0.348 e. The van der Waals surface area contributed by atoms with E-state index in [1.54, 1.807) is 18.2 Å². The van der Waals surface area contributed by atoms with Crippen molar-refractivity contribution in [3.63, 3.8) is 0 Å². The van der Waals surface area contributed by atoms with Crippen LogP contribution in [0.5, 0.6) is 0 Å². The molecule has 3 rings (SSSR count). The normalized spacial score (nSPS) is 14.3. The Labute approximate surface area is 145 Å². The summed E-state index contributed by atoms with van der Waals surface area (Å²) in [6.45, 7) is 0.0808. The third-order valence-electron chi connectivity index (χ3n) is 4.34. The van der Waals surface area contributed by atoms with Gasteiger partial charge in [-0.1, -0.05) is 31.0 Å². The number of halogens is 1. The Bertz CT molecular complexity index is 773. The molecule has 0 unspecified atom stereocenters. The van der Waals surface area contributed by atoms with Gasteiger partial charge in [-0.2, -0.15) is 0 Å². The molecule has 1 heterocycles. The number of amides is 2. The summed E-state index contributed by atoms with van der Waals surface area (Å²) in [5.41, 5.74) is 0.942. The van der Waals surface area contributed by atoms with E-state index in [1.165, 1.54) is 24.4 Å². The molecule has 1 aromatic carbocycles. The predicted octanol–water partition coefficient (Wildman–Crippen LogP) is 2.82. The molecule has 0 spiro atoms. The molecule has 0 atom stereocenters. The first-order valence-corrected chi connectivity index (χ1v) is 8.42. The van der Waals surface area contributed by atoms with Crippen molar-refractivity contribution in [2.24, 2.45) is 0 Å². The Morgan fingerprint density at radius 1 is 1.12 bits per heavy atom. The Balaban J connectivity index is 1.63. The van der Waals surface area contributed by atoms with Gasteiger partial charge in [-0.25, -0.2) is 4.39 Å². The molecule has 1 fully saturated rings. The van der Waals surface area contributed by atoms with Gasteiger partial charge in [0.15, 0.2) is 0 Å². The van der Waals surface area contributed by atoms with Gasteiger partial charge in [0.25, 0.3) is 11.8 Å². The highest BCUT2D eigenvalue weighted by atomic mass is 19.1. The van der Waals surface area contributed by atoms with Crippen LogP contribution < -0.4 is 10.6 Å². The summed E-state index contributed by atoms with van der Waals surface area (Å²) in [5, 5.41) is 5.60. The summed E-state index contributed by atoms with van der Waals surface area (Å²) in [6, 6.07) is 9.45. The van der Waals surface area contributed by atoms with Crippen molar-refractivity contribution in [2.45, 2.75) is 38.3 Å². The van der Waals surface area contributed by atoms with E-state index in [-0.39, 0.29) is 35.9 Å². The van der Waals surface area contributed by atoms with Gasteiger partial charge in [0, 0.05) is 29.9 Å². The van der Waals surface area contributed by atoms with Crippen LogP contribution in [0.1, 0.15) is 52.1 Å². The molecule has 2 N–H and O–H groups in total. The number of hydrogen-bond acceptors (Lipinski definition) is 3. The average Bonchev–Trinajstić information content (AvgIpc) is 3.14. The first-order valence-electron chi connectivity index (χ1n) is 8.42. The minimum atomic E-state index is -0.374. The zero-order valence-electron chi connectivity index (χ0n) is 13.8. The fraction of sp³-hybridized carbons (Fsp3) is 0.316. The number of carbonyl (C=O) groups is 2. The maximum Gasteiger partial charge on any atom is 0.270 e. The molecule has 0 bridgehead atoms. The van der Waals surface area contributed by atoms with Crippen molar-refractivity contribution < 1.29 is 14.0 Å². The number of nitrogens with zero attached hydrogens (tertiary/aromatic N) is 1. The number of rotatable bonds is 5. The second-order valence-corrected chi connectivity index (χ2v) is 6.16. The Morgan fingerprint density at radius 2 is 1.88 bits per heavy atom. The highest BCUT2D eigenvalue weighted by Crippen LogP contribution is 2.18. The number of pyridine rings is 1. The van der Waals surface area contributed by atoms with Crippen molar-refractivity contribution >= 4 is 11.8 Å². The van der Waals surface area contributed by atoms with Gasteiger partial charge in [-0.05, 0) is 31.0 Å². The molecule has 1 aromatic heterocycles. The first kappa shape index (κ1) is 17.1. The zero-order valence-corrected chi connectivity index (χ0v) is 13.8. The third kappa shape index (κ3) is 4.41. The van der Waals surface area contributed by atoms with Gasteiger partial charge in [0.1, 0.15) is 11.5 Å². The van der Waals surface area contributed by atoms with E-state index in [0.29, 0.717) is 11.1 Å². The first-order chi connectivity index (χ1) is 12.1. The molecule has 2 amide bonds. The Hall–Kier alpha value is -2.76. The lowest BCUT2D eigenvalue weighted by Gasteiger charge is -2.12. The maximum absolute atomic E-state index is 13.6. The lowest BCUT2D eigenvalue weighted by atomic mass is 10.1. The second-order valence-electron chi connectivity index (χ2n) is 6.16. The van der Waals surface area contributed by atoms with Crippen LogP contribution in [0.25, 0.3) is 0 Å². The van der Waals surface area contributed by atoms with Crippen molar-refractivity contribution in [1.29, 1.82) is 0 Å². The van der Waals surface area contributed by atoms with E-state index in [4.69, 9.17) is 0 Å². The fourth-order valence-electron chi connectivity index (χ4n) is 2.94. The molecular weight excluding hydrogens is 321 g/mol. The quantitative estimate of drug-likeness (QED) is 0.878. The maximum atomic E-state index is 13.6. The van der Waals surface area contributed by atoms with Crippen LogP contribution in [0.15, 0.2) is 42.6 Å². The highest BCUT2D eigenvalue weighted by molar-refractivity contribution is 5.98. The molecule has 1 saturated carbocycles. The van der Waals surface area contributed by atoms with E-state index in [2.05, 4.69) is 15.6 Å². The third-order valence-corrected chi connectivity index (χ3v) is 4.34. The van der Waals surface area contributed by atoms with Crippen molar-refractivity contribution in [3.8, 4) is 0 Å². The second kappa shape index (κ2) is 7.88. The summed E-state index contributed by atoms with van der Waals surface area (Å²) in [7, 11) is 0. The molecule has 25 heavy (non-hydrogen) atoms. The fourth-order valence-corrected chi connectivity index (χ4v) is 2.94. The van der Waals surface area contributed by atoms with Crippen molar-refractivity contribution in [3.05, 3.63) is 65.2 Å². The van der Waals surface area contributed by atoms with Crippen LogP contribution in [0.2, 0.25) is 0 Å². The number of carbonyl (C=O) groups excluding carboxylic acids is 2. The van der Waals surface area contributed by atoms with Crippen LogP contribution in [-0.2, 0) is 6.54 Å². The lowest BCUT2D eigenvalue weighted by Crippen LogP contribution is -2.33. The van der Waals surface area contributed by atoms with Crippen LogP contribution in [0.4, 0.5) is 4.39 Å². The largest absolute Gasteiger partial charge is 0.348 e. The van der Waals surface area contributed by atoms with Crippen LogP contribution in [0, 0.1) is 5.82 Å². The van der Waals surface area contributed by atoms with Crippen LogP contribution in [0.3, 0.4) is 0 Å². The molecule has 1 aliphatic carbocycles. The molecule has 130 valence electrons. The summed E-state index contributed by atoms with van der Waals surface area (Å²) >= 11 is 0. The van der Waals surface area contributed by atoms with Crippen LogP contribution >= 0.6 is 0 Å². The van der Waals surface area contributed by atoms with Crippen molar-refractivity contribution in [2.75, 3.05) is 0 Å². The average molecular weight is 341 g/mol. The number of hydrogen-bond donors (Lipinski definition) is 2. The van der Waals surface area contributed by atoms with E-state index in [9.17, 15) is 14.0 Å². The number of aromatic nitrogens is 1. The highest BCUT2D eigenvalue weighted by Gasteiger charge is 2.19. The molecule has 1 aliphatic rings. The van der Waals surface area contributed by atoms with Gasteiger partial charge in [-0.3, -0.25) is 14.6 Å². The molecule has 0 radical (unpaired) electrons. The van der Waals surface area contributed by atoms with Gasteiger partial charge in [0.2, 0.25) is 0 Å². The lowest BCUT2D eigenvalue weighted by molar-refractivity contribution is 0.0933. The summed E-state index contributed by atoms with van der Waals surface area (Å²) in [4.78, 5) is 28.5. The summed E-state index contributed by atoms with van der Waals surface area (Å²) < 4.78 is 13.6. The van der Waals surface area contributed by atoms with Crippen molar-refractivity contribution in [1.82, 2.24) is 15.6 Å². The summed E-state index contributed by atoms with van der Waals surface area (Å²) in [5.74, 6) is -1.01. The zero-order chi connectivity index (χ0) is 17.6. The minimum absolute atomic E-state index is 0.0808. The molecule has 2 aromatic rings. The van der Waals surface area contributed by atoms with Gasteiger partial charge >= 0.3 is 0 Å². The Morgan fingerprint density at radius 3 is 2.64 bits per heavy atom. The summed E-state index contributed by atoms with van der Waals surface area (Å²) in [6.07, 6.45) is 5.64. The van der Waals surface area contributed by atoms with E-state index in [1.807, 2.05) is 0 Å². The smallest absolute Gasteiger partial charge is 0.270 e. The van der Waals surface area contributed by atoms with Gasteiger partial charge < -0.3 is 10.6 Å². The van der Waals surface area contributed by atoms with Gasteiger partial charge in [0.05, 0.1) is 0 Å². The molecule has 0 aliphatic heterocycles. The van der Waals surface area contributed by atoms with Gasteiger partial charge in [-0.15, -0.1) is 0 Å². The number of benzene rings is 1. The topological polar surface area (TPSA) is 71.1 Å². The molecule has 0 saturated heterocycles. The predicted molar refractivity (Wildman–Crippen MR) is 91.5 cm³/mol. The van der Waals surface area contributed by atoms with E-state index in [0.717, 1.165) is 25.7 Å². The molecule has 5 nitrogen and oxygen atoms in total. The molecular formula is C19H20FN3O2. The monoisotopic (exact) mass is 341 g/mol. The van der Waals surface area contributed by atoms with Crippen LogP contribution in [-0.4, -0.2) is 22.8 Å². The SMILES string of the molecule is O=C(NCc1ccccc1F)c1ccnc(C(=O)NC2CCCC2)c1. The molecule has 6 heteroatoms.